The van der Waals surface area contributed by atoms with Crippen LogP contribution >= 0.6 is 0 Å². The second-order valence-corrected chi connectivity index (χ2v) is 19.1. The number of likely N-dealkylation sites (tertiary alicyclic amines) is 1. The SMILES string of the molecule is CC(C)(C)OC(=O)C[C@H]1[C@H](S(=O)(=O)c2ccccc2)C(=O)N1C(C)(C)CO[Si](C)(C)C(C)(C)C. The lowest BCUT2D eigenvalue weighted by molar-refractivity contribution is -0.166. The van der Waals surface area contributed by atoms with E-state index in [4.69, 9.17) is 9.16 Å². The summed E-state index contributed by atoms with van der Waals surface area (Å²) in [6.07, 6.45) is -0.205. The highest BCUT2D eigenvalue weighted by Gasteiger charge is 2.60. The van der Waals surface area contributed by atoms with Crippen molar-refractivity contribution in [3.8, 4) is 0 Å². The van der Waals surface area contributed by atoms with Crippen LogP contribution in [-0.2, 0) is 28.6 Å². The first-order chi connectivity index (χ1) is 15.2. The second kappa shape index (κ2) is 9.39. The minimum absolute atomic E-state index is 0.0167. The number of carbonyl (C=O) groups is 2. The fraction of sp³-hybridized carbons (Fsp3) is 0.680. The van der Waals surface area contributed by atoms with Gasteiger partial charge in [0.2, 0.25) is 5.91 Å². The first kappa shape index (κ1) is 28.5. The number of amides is 1. The second-order valence-electron chi connectivity index (χ2n) is 12.2. The van der Waals surface area contributed by atoms with Crippen molar-refractivity contribution in [1.82, 2.24) is 4.90 Å². The van der Waals surface area contributed by atoms with E-state index in [2.05, 4.69) is 33.9 Å². The maximum atomic E-state index is 13.4. The summed E-state index contributed by atoms with van der Waals surface area (Å²) in [6.45, 7) is 19.9. The van der Waals surface area contributed by atoms with E-state index in [1.54, 1.807) is 39.0 Å². The number of hydrogen-bond acceptors (Lipinski definition) is 6. The first-order valence-corrected chi connectivity index (χ1v) is 16.1. The van der Waals surface area contributed by atoms with Gasteiger partial charge >= 0.3 is 5.97 Å². The van der Waals surface area contributed by atoms with Crippen LogP contribution in [0.3, 0.4) is 0 Å². The minimum atomic E-state index is -3.98. The molecular weight excluding hydrogens is 470 g/mol. The molecule has 192 valence electrons. The van der Waals surface area contributed by atoms with E-state index >= 15 is 0 Å². The Morgan fingerprint density at radius 2 is 1.53 bits per heavy atom. The summed E-state index contributed by atoms with van der Waals surface area (Å²) in [5.74, 6) is -1.05. The number of ether oxygens (including phenoxy) is 1. The van der Waals surface area contributed by atoms with Crippen LogP contribution in [0, 0.1) is 0 Å². The van der Waals surface area contributed by atoms with Gasteiger partial charge in [0, 0.05) is 0 Å². The summed E-state index contributed by atoms with van der Waals surface area (Å²) in [7, 11) is -6.09. The third kappa shape index (κ3) is 6.09. The van der Waals surface area contributed by atoms with Crippen LogP contribution in [0.5, 0.6) is 0 Å². The molecular formula is C25H41NO6SSi. The summed E-state index contributed by atoms with van der Waals surface area (Å²) >= 11 is 0. The Kier molecular flexibility index (Phi) is 7.88. The molecule has 0 radical (unpaired) electrons. The molecule has 9 heteroatoms. The van der Waals surface area contributed by atoms with Crippen molar-refractivity contribution in [3.05, 3.63) is 30.3 Å². The summed E-state index contributed by atoms with van der Waals surface area (Å²) in [6, 6.07) is 7.06. The number of carbonyl (C=O) groups excluding carboxylic acids is 2. The molecule has 1 amide bonds. The van der Waals surface area contributed by atoms with Crippen molar-refractivity contribution in [2.24, 2.45) is 0 Å². The van der Waals surface area contributed by atoms with E-state index in [-0.39, 0.29) is 23.0 Å². The summed E-state index contributed by atoms with van der Waals surface area (Å²) < 4.78 is 38.7. The van der Waals surface area contributed by atoms with Gasteiger partial charge in [-0.2, -0.15) is 0 Å². The highest BCUT2D eigenvalue weighted by Crippen LogP contribution is 2.41. The summed E-state index contributed by atoms with van der Waals surface area (Å²) in [4.78, 5) is 27.7. The molecule has 0 unspecified atom stereocenters. The molecule has 0 N–H and O–H groups in total. The number of nitrogens with zero attached hydrogens (tertiary/aromatic N) is 1. The highest BCUT2D eigenvalue weighted by molar-refractivity contribution is 7.93. The lowest BCUT2D eigenvalue weighted by Crippen LogP contribution is -2.74. The van der Waals surface area contributed by atoms with E-state index in [0.717, 1.165) is 0 Å². The van der Waals surface area contributed by atoms with Crippen LogP contribution in [0.15, 0.2) is 35.2 Å². The number of hydrogen-bond donors (Lipinski definition) is 0. The number of β-lactam (4-membered cyclic amide) rings is 1. The molecule has 0 aromatic heterocycles. The van der Waals surface area contributed by atoms with Gasteiger partial charge in [-0.15, -0.1) is 0 Å². The molecule has 1 aromatic carbocycles. The van der Waals surface area contributed by atoms with E-state index in [1.807, 2.05) is 13.8 Å². The quantitative estimate of drug-likeness (QED) is 0.288. The minimum Gasteiger partial charge on any atom is -0.460 e. The molecule has 1 heterocycles. The van der Waals surface area contributed by atoms with Gasteiger partial charge < -0.3 is 14.1 Å². The molecule has 1 aromatic rings. The molecule has 7 nitrogen and oxygen atoms in total. The van der Waals surface area contributed by atoms with Crippen LogP contribution < -0.4 is 0 Å². The fourth-order valence-electron chi connectivity index (χ4n) is 3.76. The zero-order valence-electron chi connectivity index (χ0n) is 22.3. The largest absolute Gasteiger partial charge is 0.460 e. The molecule has 0 spiro atoms. The normalized spacial score (nSPS) is 20.2. The Labute approximate surface area is 206 Å². The molecule has 0 saturated carbocycles. The van der Waals surface area contributed by atoms with E-state index < -0.39 is 52.5 Å². The van der Waals surface area contributed by atoms with Gasteiger partial charge in [0.25, 0.3) is 0 Å². The summed E-state index contributed by atoms with van der Waals surface area (Å²) in [5, 5.41) is -1.36. The molecule has 34 heavy (non-hydrogen) atoms. The Bertz CT molecular complexity index is 1010. The van der Waals surface area contributed by atoms with Gasteiger partial charge in [0.05, 0.1) is 29.5 Å². The van der Waals surface area contributed by atoms with Crippen LogP contribution in [0.1, 0.15) is 61.8 Å². The maximum Gasteiger partial charge on any atom is 0.308 e. The van der Waals surface area contributed by atoms with Crippen LogP contribution in [-0.4, -0.2) is 62.6 Å². The van der Waals surface area contributed by atoms with Gasteiger partial charge in [-0.05, 0) is 64.9 Å². The van der Waals surface area contributed by atoms with Crippen molar-refractivity contribution in [2.45, 2.75) is 107 Å². The van der Waals surface area contributed by atoms with Crippen LogP contribution in [0.2, 0.25) is 18.1 Å². The number of rotatable bonds is 8. The monoisotopic (exact) mass is 511 g/mol. The van der Waals surface area contributed by atoms with E-state index in [0.29, 0.717) is 0 Å². The number of benzene rings is 1. The zero-order chi connectivity index (χ0) is 26.3. The van der Waals surface area contributed by atoms with Gasteiger partial charge in [-0.3, -0.25) is 9.59 Å². The Balaban J connectivity index is 2.38. The standard InChI is InChI=1S/C25H41NO6SSi/c1-23(2,3)32-20(27)16-19-21(33(29,30)18-14-12-11-13-15-18)22(28)26(19)25(7,8)17-31-34(9,10)24(4,5)6/h11-15,19,21H,16-17H2,1-10H3/t19-,21-/m0/s1. The van der Waals surface area contributed by atoms with E-state index in [1.165, 1.54) is 17.0 Å². The van der Waals surface area contributed by atoms with Gasteiger partial charge in [0.1, 0.15) is 5.60 Å². The van der Waals surface area contributed by atoms with Crippen LogP contribution in [0.25, 0.3) is 0 Å². The van der Waals surface area contributed by atoms with Crippen molar-refractivity contribution in [1.29, 1.82) is 0 Å². The third-order valence-corrected chi connectivity index (χ3v) is 13.2. The fourth-order valence-corrected chi connectivity index (χ4v) is 6.74. The van der Waals surface area contributed by atoms with Crippen molar-refractivity contribution in [2.75, 3.05) is 6.61 Å². The topological polar surface area (TPSA) is 90.0 Å². The van der Waals surface area contributed by atoms with Gasteiger partial charge in [0.15, 0.2) is 23.4 Å². The Morgan fingerprint density at radius 1 is 1.00 bits per heavy atom. The third-order valence-electron chi connectivity index (χ3n) is 6.61. The smallest absolute Gasteiger partial charge is 0.308 e. The lowest BCUT2D eigenvalue weighted by Gasteiger charge is -2.54. The van der Waals surface area contributed by atoms with E-state index in [9.17, 15) is 18.0 Å². The van der Waals surface area contributed by atoms with Crippen molar-refractivity contribution in [3.63, 3.8) is 0 Å². The number of esters is 1. The molecule has 1 aliphatic heterocycles. The maximum absolute atomic E-state index is 13.4. The van der Waals surface area contributed by atoms with Gasteiger partial charge in [-0.25, -0.2) is 8.42 Å². The van der Waals surface area contributed by atoms with Gasteiger partial charge in [-0.1, -0.05) is 39.0 Å². The Morgan fingerprint density at radius 3 is 2.00 bits per heavy atom. The Hall–Kier alpha value is -1.71. The zero-order valence-corrected chi connectivity index (χ0v) is 24.1. The van der Waals surface area contributed by atoms with Crippen LogP contribution in [0.4, 0.5) is 0 Å². The van der Waals surface area contributed by atoms with Crippen molar-refractivity contribution < 1.29 is 27.2 Å². The predicted molar refractivity (Wildman–Crippen MR) is 136 cm³/mol. The summed E-state index contributed by atoms with van der Waals surface area (Å²) in [5.41, 5.74) is -1.52. The molecule has 0 bridgehead atoms. The van der Waals surface area contributed by atoms with Crippen molar-refractivity contribution >= 4 is 30.0 Å². The molecule has 1 aliphatic rings. The lowest BCUT2D eigenvalue weighted by atomic mass is 9.89. The first-order valence-electron chi connectivity index (χ1n) is 11.7. The molecule has 2 rings (SSSR count). The molecule has 0 aliphatic carbocycles. The predicted octanol–water partition coefficient (Wildman–Crippen LogP) is 4.57. The molecule has 2 atom stereocenters. The average molecular weight is 512 g/mol. The molecule has 1 saturated heterocycles. The average Bonchev–Trinajstić information content (AvgIpc) is 2.64. The number of sulfone groups is 1. The highest BCUT2D eigenvalue weighted by atomic mass is 32.2. The molecule has 1 fully saturated rings.